The lowest BCUT2D eigenvalue weighted by molar-refractivity contribution is 0.0903. The molecule has 2 heterocycles. The third-order valence-corrected chi connectivity index (χ3v) is 4.47. The Balaban J connectivity index is 1.60. The van der Waals surface area contributed by atoms with Gasteiger partial charge in [-0.3, -0.25) is 4.79 Å². The molecule has 0 radical (unpaired) electrons. The van der Waals surface area contributed by atoms with Crippen LogP contribution in [-0.2, 0) is 6.42 Å². The molecular weight excluding hydrogens is 316 g/mol. The minimum absolute atomic E-state index is 0.106. The molecule has 4 rings (SSSR count). The van der Waals surface area contributed by atoms with Gasteiger partial charge in [-0.25, -0.2) is 15.0 Å². The molecule has 0 bridgehead atoms. The molecule has 1 amide bonds. The Kier molecular flexibility index (Phi) is 4.01. The van der Waals surface area contributed by atoms with Gasteiger partial charge in [-0.05, 0) is 26.2 Å². The van der Waals surface area contributed by atoms with Crippen molar-refractivity contribution in [3.05, 3.63) is 65.6 Å². The lowest BCUT2D eigenvalue weighted by Gasteiger charge is -2.25. The fourth-order valence-electron chi connectivity index (χ4n) is 3.17. The van der Waals surface area contributed by atoms with Crippen LogP contribution in [0.25, 0.3) is 11.4 Å². The summed E-state index contributed by atoms with van der Waals surface area (Å²) in [6.07, 6.45) is 5.85. The number of rotatable bonds is 3. The summed E-state index contributed by atoms with van der Waals surface area (Å²) in [5, 5.41) is 3.02. The smallest absolute Gasteiger partial charge is 0.289 e. The predicted octanol–water partition coefficient (Wildman–Crippen LogP) is 3.25. The summed E-state index contributed by atoms with van der Waals surface area (Å²) in [5.41, 5.74) is 3.56. The largest absolute Gasteiger partial charge is 0.438 e. The summed E-state index contributed by atoms with van der Waals surface area (Å²) < 4.78 is 5.18. The lowest BCUT2D eigenvalue weighted by Crippen LogP contribution is -2.31. The highest BCUT2D eigenvalue weighted by Crippen LogP contribution is 2.30. The zero-order valence-electron chi connectivity index (χ0n) is 13.9. The summed E-state index contributed by atoms with van der Waals surface area (Å²) in [7, 11) is 0. The Labute approximate surface area is 145 Å². The maximum Gasteiger partial charge on any atom is 0.289 e. The van der Waals surface area contributed by atoms with Crippen LogP contribution in [0.5, 0.6) is 0 Å². The molecule has 6 heteroatoms. The third-order valence-electron chi connectivity index (χ3n) is 4.47. The van der Waals surface area contributed by atoms with Crippen molar-refractivity contribution in [2.45, 2.75) is 32.2 Å². The van der Waals surface area contributed by atoms with Gasteiger partial charge in [0.05, 0.1) is 11.7 Å². The van der Waals surface area contributed by atoms with Crippen molar-refractivity contribution in [3.63, 3.8) is 0 Å². The molecule has 126 valence electrons. The molecule has 0 aliphatic heterocycles. The van der Waals surface area contributed by atoms with Crippen molar-refractivity contribution in [1.29, 1.82) is 0 Å². The zero-order valence-corrected chi connectivity index (χ0v) is 13.9. The Morgan fingerprint density at radius 1 is 1.24 bits per heavy atom. The number of hydrogen-bond donors (Lipinski definition) is 1. The number of hydrogen-bond acceptors (Lipinski definition) is 5. The standard InChI is InChI=1S/C19H18N4O2/c1-12-17(25-11-21-12)19(24)23-16-9-5-8-15-14(16)10-20-18(22-15)13-6-3-2-4-7-13/h2-4,6-7,10-11,16H,5,8-9H2,1H3,(H,23,24)/t16-/m1/s1. The summed E-state index contributed by atoms with van der Waals surface area (Å²) in [6, 6.07) is 9.80. The van der Waals surface area contributed by atoms with E-state index in [1.165, 1.54) is 6.39 Å². The van der Waals surface area contributed by atoms with E-state index in [1.807, 2.05) is 36.5 Å². The Bertz CT molecular complexity index is 905. The number of carbonyl (C=O) groups is 1. The van der Waals surface area contributed by atoms with E-state index in [2.05, 4.69) is 15.3 Å². The molecular formula is C19H18N4O2. The van der Waals surface area contributed by atoms with Crippen LogP contribution < -0.4 is 5.32 Å². The number of oxazole rings is 1. The van der Waals surface area contributed by atoms with Crippen LogP contribution in [0.4, 0.5) is 0 Å². The van der Waals surface area contributed by atoms with E-state index < -0.39 is 0 Å². The monoisotopic (exact) mass is 334 g/mol. The Morgan fingerprint density at radius 3 is 2.84 bits per heavy atom. The molecule has 1 aliphatic carbocycles. The van der Waals surface area contributed by atoms with E-state index in [4.69, 9.17) is 9.40 Å². The number of carbonyl (C=O) groups excluding carboxylic acids is 1. The highest BCUT2D eigenvalue weighted by Gasteiger charge is 2.26. The van der Waals surface area contributed by atoms with E-state index in [9.17, 15) is 4.79 Å². The molecule has 0 unspecified atom stereocenters. The van der Waals surface area contributed by atoms with Crippen molar-refractivity contribution < 1.29 is 9.21 Å². The second kappa shape index (κ2) is 6.47. The summed E-state index contributed by atoms with van der Waals surface area (Å²) in [5.74, 6) is 0.728. The van der Waals surface area contributed by atoms with Gasteiger partial charge in [0.25, 0.3) is 5.91 Å². The first-order valence-corrected chi connectivity index (χ1v) is 8.34. The van der Waals surface area contributed by atoms with E-state index >= 15 is 0 Å². The quantitative estimate of drug-likeness (QED) is 0.795. The first-order chi connectivity index (χ1) is 12.2. The first-order valence-electron chi connectivity index (χ1n) is 8.34. The van der Waals surface area contributed by atoms with Crippen LogP contribution in [0.2, 0.25) is 0 Å². The number of nitrogens with zero attached hydrogens (tertiary/aromatic N) is 3. The summed E-state index contributed by atoms with van der Waals surface area (Å²) >= 11 is 0. The van der Waals surface area contributed by atoms with Gasteiger partial charge in [0.2, 0.25) is 5.76 Å². The number of benzene rings is 1. The average molecular weight is 334 g/mol. The minimum atomic E-state index is -0.250. The van der Waals surface area contributed by atoms with Gasteiger partial charge in [0.1, 0.15) is 0 Å². The summed E-state index contributed by atoms with van der Waals surface area (Å²) in [6.45, 7) is 1.75. The fourth-order valence-corrected chi connectivity index (χ4v) is 3.17. The van der Waals surface area contributed by atoms with Gasteiger partial charge in [0.15, 0.2) is 12.2 Å². The number of amides is 1. The molecule has 0 saturated carbocycles. The van der Waals surface area contributed by atoms with Crippen molar-refractivity contribution in [2.24, 2.45) is 0 Å². The van der Waals surface area contributed by atoms with Crippen LogP contribution in [0, 0.1) is 6.92 Å². The van der Waals surface area contributed by atoms with Crippen LogP contribution in [0.3, 0.4) is 0 Å². The van der Waals surface area contributed by atoms with Gasteiger partial charge in [-0.1, -0.05) is 30.3 Å². The number of nitrogens with one attached hydrogen (secondary N) is 1. The Hall–Kier alpha value is -3.02. The second-order valence-corrected chi connectivity index (χ2v) is 6.15. The maximum atomic E-state index is 12.4. The van der Waals surface area contributed by atoms with Gasteiger partial charge in [-0.15, -0.1) is 0 Å². The first kappa shape index (κ1) is 15.5. The number of aromatic nitrogens is 3. The average Bonchev–Trinajstić information content (AvgIpc) is 3.08. The van der Waals surface area contributed by atoms with Crippen LogP contribution >= 0.6 is 0 Å². The summed E-state index contributed by atoms with van der Waals surface area (Å²) in [4.78, 5) is 25.6. The molecule has 0 fully saturated rings. The highest BCUT2D eigenvalue weighted by molar-refractivity contribution is 5.92. The zero-order chi connectivity index (χ0) is 17.2. The highest BCUT2D eigenvalue weighted by atomic mass is 16.3. The molecule has 0 spiro atoms. The van der Waals surface area contributed by atoms with Gasteiger partial charge >= 0.3 is 0 Å². The van der Waals surface area contributed by atoms with Crippen LogP contribution in [-0.4, -0.2) is 20.9 Å². The van der Waals surface area contributed by atoms with E-state index in [0.717, 1.165) is 41.9 Å². The SMILES string of the molecule is Cc1ncoc1C(=O)N[C@@H]1CCCc2nc(-c3ccccc3)ncc21. The molecule has 1 atom stereocenters. The normalized spacial score (nSPS) is 16.3. The molecule has 6 nitrogen and oxygen atoms in total. The molecule has 1 aliphatic rings. The fraction of sp³-hybridized carbons (Fsp3) is 0.263. The van der Waals surface area contributed by atoms with Gasteiger partial charge in [0, 0.05) is 23.0 Å². The lowest BCUT2D eigenvalue weighted by atomic mass is 9.92. The third kappa shape index (κ3) is 3.03. The number of aryl methyl sites for hydroxylation is 2. The van der Waals surface area contributed by atoms with E-state index in [1.54, 1.807) is 6.92 Å². The van der Waals surface area contributed by atoms with Crippen LogP contribution in [0.1, 0.15) is 46.4 Å². The molecule has 1 aromatic carbocycles. The maximum absolute atomic E-state index is 12.4. The molecule has 2 aromatic heterocycles. The van der Waals surface area contributed by atoms with Gasteiger partial charge < -0.3 is 9.73 Å². The molecule has 1 N–H and O–H groups in total. The number of fused-ring (bicyclic) bond motifs is 1. The van der Waals surface area contributed by atoms with Gasteiger partial charge in [-0.2, -0.15) is 0 Å². The van der Waals surface area contributed by atoms with Crippen molar-refractivity contribution in [3.8, 4) is 11.4 Å². The Morgan fingerprint density at radius 2 is 2.08 bits per heavy atom. The van der Waals surface area contributed by atoms with E-state index in [-0.39, 0.29) is 17.7 Å². The topological polar surface area (TPSA) is 80.9 Å². The van der Waals surface area contributed by atoms with Crippen LogP contribution in [0.15, 0.2) is 47.3 Å². The van der Waals surface area contributed by atoms with Crippen molar-refractivity contribution in [2.75, 3.05) is 0 Å². The molecule has 0 saturated heterocycles. The van der Waals surface area contributed by atoms with E-state index in [0.29, 0.717) is 5.69 Å². The second-order valence-electron chi connectivity index (χ2n) is 6.15. The van der Waals surface area contributed by atoms with Crippen molar-refractivity contribution in [1.82, 2.24) is 20.3 Å². The molecule has 25 heavy (non-hydrogen) atoms. The molecule has 3 aromatic rings. The predicted molar refractivity (Wildman–Crippen MR) is 91.9 cm³/mol. The van der Waals surface area contributed by atoms with Crippen molar-refractivity contribution >= 4 is 5.91 Å². The minimum Gasteiger partial charge on any atom is -0.438 e.